The van der Waals surface area contributed by atoms with Gasteiger partial charge in [-0.05, 0) is 50.6 Å². The lowest BCUT2D eigenvalue weighted by molar-refractivity contribution is -0.134. The van der Waals surface area contributed by atoms with Crippen molar-refractivity contribution in [3.05, 3.63) is 65.6 Å². The molecular formula is C28H31FN6O5S. The standard InChI is InChI=1S/C28H31FN6O5S/c1-17-11-21(34-41(37)9-7-35(8-10-41)26(36)15-38-4)14-23-27(17)28(31-16-30-23)32-22-6-5-20(29)13-25(22)39-19(3)24-12-18(2)33-40-24/h5-6,11-14,16,19H,7-10,15H2,1-4H3,(H,30,31,32)/t19-/m1/s1. The lowest BCUT2D eigenvalue weighted by Gasteiger charge is -2.28. The van der Waals surface area contributed by atoms with Crippen LogP contribution < -0.4 is 10.1 Å². The third-order valence-electron chi connectivity index (χ3n) is 6.72. The van der Waals surface area contributed by atoms with Gasteiger partial charge in [0.2, 0.25) is 5.91 Å². The summed E-state index contributed by atoms with van der Waals surface area (Å²) in [6.07, 6.45) is 0.899. The summed E-state index contributed by atoms with van der Waals surface area (Å²) >= 11 is 0. The lowest BCUT2D eigenvalue weighted by Crippen LogP contribution is -2.44. The van der Waals surface area contributed by atoms with E-state index in [1.807, 2.05) is 19.9 Å². The van der Waals surface area contributed by atoms with Gasteiger partial charge in [0.25, 0.3) is 0 Å². The van der Waals surface area contributed by atoms with Crippen molar-refractivity contribution in [1.29, 1.82) is 0 Å². The van der Waals surface area contributed by atoms with E-state index in [0.717, 1.165) is 10.9 Å². The van der Waals surface area contributed by atoms with Crippen LogP contribution in [0, 0.1) is 19.7 Å². The molecular weight excluding hydrogens is 551 g/mol. The van der Waals surface area contributed by atoms with Gasteiger partial charge in [0.1, 0.15) is 30.3 Å². The van der Waals surface area contributed by atoms with Gasteiger partial charge in [-0.25, -0.2) is 18.6 Å². The molecule has 41 heavy (non-hydrogen) atoms. The SMILES string of the molecule is COCC(=O)N1CCS(=O)(=Nc2cc(C)c3c(Nc4ccc(F)cc4O[C@H](C)c4cc(C)no4)ncnc3c2)CC1. The van der Waals surface area contributed by atoms with E-state index in [4.69, 9.17) is 14.0 Å². The Balaban J connectivity index is 1.41. The summed E-state index contributed by atoms with van der Waals surface area (Å²) in [4.78, 5) is 22.6. The molecule has 0 aliphatic carbocycles. The van der Waals surface area contributed by atoms with Gasteiger partial charge in [-0.1, -0.05) is 5.16 Å². The van der Waals surface area contributed by atoms with Crippen LogP contribution in [0.15, 0.2) is 51.6 Å². The van der Waals surface area contributed by atoms with Crippen LogP contribution in [0.3, 0.4) is 0 Å². The number of carbonyl (C=O) groups is 1. The average molecular weight is 583 g/mol. The summed E-state index contributed by atoms with van der Waals surface area (Å²) in [6, 6.07) is 9.56. The fraction of sp³-hybridized carbons (Fsp3) is 0.357. The van der Waals surface area contributed by atoms with Crippen molar-refractivity contribution in [2.75, 3.05) is 43.6 Å². The summed E-state index contributed by atoms with van der Waals surface area (Å²) in [7, 11) is -1.07. The number of halogens is 1. The van der Waals surface area contributed by atoms with Crippen molar-refractivity contribution in [2.24, 2.45) is 4.36 Å². The molecule has 1 aliphatic heterocycles. The Morgan fingerprint density at radius 1 is 1.20 bits per heavy atom. The van der Waals surface area contributed by atoms with Crippen molar-refractivity contribution in [2.45, 2.75) is 26.9 Å². The Hall–Kier alpha value is -4.10. The number of nitrogens with one attached hydrogen (secondary N) is 1. The third-order valence-corrected chi connectivity index (χ3v) is 8.90. The Morgan fingerprint density at radius 2 is 1.98 bits per heavy atom. The van der Waals surface area contributed by atoms with Crippen molar-refractivity contribution in [3.63, 3.8) is 0 Å². The number of hydrogen-bond acceptors (Lipinski definition) is 10. The number of hydrogen-bond donors (Lipinski definition) is 1. The zero-order chi connectivity index (χ0) is 29.1. The quantitative estimate of drug-likeness (QED) is 0.310. The van der Waals surface area contributed by atoms with Crippen molar-refractivity contribution >= 4 is 43.7 Å². The smallest absolute Gasteiger partial charge is 0.248 e. The van der Waals surface area contributed by atoms with Gasteiger partial charge in [-0.2, -0.15) is 4.36 Å². The molecule has 5 rings (SSSR count). The minimum Gasteiger partial charge on any atom is -0.480 e. The number of carbonyl (C=O) groups excluding carboxylic acids is 1. The summed E-state index contributed by atoms with van der Waals surface area (Å²) < 4.78 is 48.5. The average Bonchev–Trinajstić information content (AvgIpc) is 3.37. The van der Waals surface area contributed by atoms with E-state index >= 15 is 0 Å². The molecule has 0 bridgehead atoms. The second-order valence-electron chi connectivity index (χ2n) is 9.86. The van der Waals surface area contributed by atoms with Crippen LogP contribution >= 0.6 is 0 Å². The van der Waals surface area contributed by atoms with Crippen molar-refractivity contribution < 1.29 is 27.4 Å². The Kier molecular flexibility index (Phi) is 8.18. The van der Waals surface area contributed by atoms with Crippen LogP contribution in [-0.2, 0) is 19.3 Å². The first-order chi connectivity index (χ1) is 19.6. The maximum absolute atomic E-state index is 14.2. The van der Waals surface area contributed by atoms with Crippen LogP contribution in [0.2, 0.25) is 0 Å². The maximum Gasteiger partial charge on any atom is 0.248 e. The number of aryl methyl sites for hydroxylation is 2. The molecule has 1 atom stereocenters. The number of rotatable bonds is 8. The molecule has 2 aromatic carbocycles. The first-order valence-corrected chi connectivity index (χ1v) is 14.9. The highest BCUT2D eigenvalue weighted by Crippen LogP contribution is 2.35. The van der Waals surface area contributed by atoms with Gasteiger partial charge >= 0.3 is 0 Å². The van der Waals surface area contributed by atoms with Crippen molar-refractivity contribution in [3.8, 4) is 5.75 Å². The topological polar surface area (TPSA) is 132 Å². The number of fused-ring (bicyclic) bond motifs is 1. The van der Waals surface area contributed by atoms with E-state index in [1.165, 1.54) is 25.6 Å². The highest BCUT2D eigenvalue weighted by atomic mass is 32.2. The number of anilines is 2. The molecule has 1 saturated heterocycles. The van der Waals surface area contributed by atoms with E-state index in [0.29, 0.717) is 47.3 Å². The van der Waals surface area contributed by atoms with E-state index < -0.39 is 21.7 Å². The molecule has 0 spiro atoms. The molecule has 0 saturated carbocycles. The second-order valence-corrected chi connectivity index (χ2v) is 12.4. The largest absolute Gasteiger partial charge is 0.480 e. The molecule has 11 nitrogen and oxygen atoms in total. The normalized spacial score (nSPS) is 15.5. The number of aromatic nitrogens is 3. The molecule has 216 valence electrons. The van der Waals surface area contributed by atoms with E-state index in [-0.39, 0.29) is 29.8 Å². The predicted octanol–water partition coefficient (Wildman–Crippen LogP) is 4.85. The number of amides is 1. The van der Waals surface area contributed by atoms with Gasteiger partial charge in [-0.15, -0.1) is 0 Å². The number of methoxy groups -OCH3 is 1. The Labute approximate surface area is 237 Å². The van der Waals surface area contributed by atoms with Gasteiger partial charge in [0.15, 0.2) is 11.9 Å². The molecule has 3 heterocycles. The zero-order valence-corrected chi connectivity index (χ0v) is 24.0. The number of nitrogens with zero attached hydrogens (tertiary/aromatic N) is 5. The molecule has 0 unspecified atom stereocenters. The fourth-order valence-electron chi connectivity index (χ4n) is 4.64. The fourth-order valence-corrected chi connectivity index (χ4v) is 6.52. The third kappa shape index (κ3) is 6.46. The molecule has 1 N–H and O–H groups in total. The number of ether oxygens (including phenoxy) is 2. The number of benzene rings is 2. The Bertz CT molecular complexity index is 1700. The maximum atomic E-state index is 14.2. The van der Waals surface area contributed by atoms with Crippen LogP contribution in [-0.4, -0.2) is 68.5 Å². The van der Waals surface area contributed by atoms with Gasteiger partial charge < -0.3 is 24.2 Å². The highest BCUT2D eigenvalue weighted by molar-refractivity contribution is 7.93. The molecule has 13 heteroatoms. The van der Waals surface area contributed by atoms with E-state index in [1.54, 1.807) is 30.0 Å². The predicted molar refractivity (Wildman–Crippen MR) is 153 cm³/mol. The van der Waals surface area contributed by atoms with Gasteiger partial charge in [0.05, 0.1) is 32.3 Å². The van der Waals surface area contributed by atoms with E-state index in [9.17, 15) is 13.4 Å². The minimum atomic E-state index is -2.54. The summed E-state index contributed by atoms with van der Waals surface area (Å²) in [5, 5.41) is 7.88. The van der Waals surface area contributed by atoms with Gasteiger partial charge in [-0.3, -0.25) is 4.79 Å². The Morgan fingerprint density at radius 3 is 2.68 bits per heavy atom. The molecule has 1 aliphatic rings. The molecule has 1 fully saturated rings. The van der Waals surface area contributed by atoms with Crippen LogP contribution in [0.25, 0.3) is 10.9 Å². The van der Waals surface area contributed by atoms with Crippen LogP contribution in [0.4, 0.5) is 21.6 Å². The molecule has 0 radical (unpaired) electrons. The van der Waals surface area contributed by atoms with Gasteiger partial charge in [0, 0.05) is 49.2 Å². The first kappa shape index (κ1) is 28.4. The first-order valence-electron chi connectivity index (χ1n) is 13.0. The van der Waals surface area contributed by atoms with Crippen LogP contribution in [0.1, 0.15) is 30.0 Å². The van der Waals surface area contributed by atoms with E-state index in [2.05, 4.69) is 24.8 Å². The summed E-state index contributed by atoms with van der Waals surface area (Å²) in [5.41, 5.74) is 3.18. The lowest BCUT2D eigenvalue weighted by atomic mass is 10.1. The summed E-state index contributed by atoms with van der Waals surface area (Å²) in [6.45, 7) is 6.22. The zero-order valence-electron chi connectivity index (χ0n) is 23.2. The summed E-state index contributed by atoms with van der Waals surface area (Å²) in [5.74, 6) is 1.28. The highest BCUT2D eigenvalue weighted by Gasteiger charge is 2.24. The van der Waals surface area contributed by atoms with Crippen molar-refractivity contribution in [1.82, 2.24) is 20.0 Å². The van der Waals surface area contributed by atoms with Crippen LogP contribution in [0.5, 0.6) is 5.75 Å². The molecule has 2 aromatic heterocycles. The minimum absolute atomic E-state index is 0.00397. The molecule has 4 aromatic rings. The second kappa shape index (κ2) is 11.8. The monoisotopic (exact) mass is 582 g/mol. The molecule has 1 amide bonds.